The lowest BCUT2D eigenvalue weighted by atomic mass is 9.79. The van der Waals surface area contributed by atoms with Crippen molar-refractivity contribution in [2.24, 2.45) is 34.8 Å². The van der Waals surface area contributed by atoms with Gasteiger partial charge in [-0.3, -0.25) is 0 Å². The highest BCUT2D eigenvalue weighted by Crippen LogP contribution is 2.29. The Morgan fingerprint density at radius 2 is 1.25 bits per heavy atom. The Morgan fingerprint density at radius 1 is 0.833 bits per heavy atom. The van der Waals surface area contributed by atoms with E-state index in [2.05, 4.69) is 0 Å². The number of rotatable bonds is 2. The lowest BCUT2D eigenvalue weighted by molar-refractivity contribution is 0.211. The van der Waals surface area contributed by atoms with Crippen LogP contribution in [0.2, 0.25) is 0 Å². The van der Waals surface area contributed by atoms with Gasteiger partial charge in [0.25, 0.3) is 0 Å². The molecule has 2 unspecified atom stereocenters. The van der Waals surface area contributed by atoms with Crippen LogP contribution in [-0.4, -0.2) is 12.3 Å². The van der Waals surface area contributed by atoms with Gasteiger partial charge in [-0.1, -0.05) is 6.42 Å². The van der Waals surface area contributed by atoms with Gasteiger partial charge in [-0.25, -0.2) is 0 Å². The number of hydrogen-bond acceptors (Lipinski definition) is 4. The molecule has 1 aliphatic carbocycles. The van der Waals surface area contributed by atoms with E-state index in [0.717, 1.165) is 25.7 Å². The Kier molecular flexibility index (Phi) is 3.46. The van der Waals surface area contributed by atoms with E-state index in [1.807, 2.05) is 0 Å². The summed E-state index contributed by atoms with van der Waals surface area (Å²) < 4.78 is 0. The second-order valence-electron chi connectivity index (χ2n) is 3.84. The first-order valence-electron chi connectivity index (χ1n) is 4.63. The highest BCUT2D eigenvalue weighted by Gasteiger charge is 2.26. The van der Waals surface area contributed by atoms with E-state index in [1.165, 1.54) is 0 Å². The Balaban J connectivity index is 2.40. The maximum absolute atomic E-state index is 5.63. The molecule has 2 atom stereocenters. The van der Waals surface area contributed by atoms with Crippen LogP contribution in [-0.2, 0) is 0 Å². The summed E-state index contributed by atoms with van der Waals surface area (Å²) >= 11 is 0. The summed E-state index contributed by atoms with van der Waals surface area (Å²) in [5.74, 6) is 0.830. The molecule has 0 bridgehead atoms. The van der Waals surface area contributed by atoms with Crippen LogP contribution in [0.5, 0.6) is 0 Å². The van der Waals surface area contributed by atoms with E-state index in [0.29, 0.717) is 11.8 Å². The average molecular weight is 172 g/mol. The molecule has 4 heteroatoms. The van der Waals surface area contributed by atoms with Gasteiger partial charge in [0.2, 0.25) is 0 Å². The van der Waals surface area contributed by atoms with E-state index >= 15 is 0 Å². The SMILES string of the molecule is NC(N)C1CCCC(C(N)N)C1. The Hall–Kier alpha value is -0.160. The zero-order chi connectivity index (χ0) is 9.14. The summed E-state index contributed by atoms with van der Waals surface area (Å²) in [4.78, 5) is 0. The van der Waals surface area contributed by atoms with Crippen molar-refractivity contribution < 1.29 is 0 Å². The summed E-state index contributed by atoms with van der Waals surface area (Å²) in [5, 5.41) is 0. The van der Waals surface area contributed by atoms with Crippen molar-refractivity contribution >= 4 is 0 Å². The van der Waals surface area contributed by atoms with Crippen LogP contribution in [0.3, 0.4) is 0 Å². The van der Waals surface area contributed by atoms with Crippen LogP contribution in [0.1, 0.15) is 25.7 Å². The van der Waals surface area contributed by atoms with E-state index in [-0.39, 0.29) is 12.3 Å². The standard InChI is InChI=1S/C8H20N4/c9-7(10)5-2-1-3-6(4-5)8(11)12/h5-8H,1-4,9-12H2. The predicted octanol–water partition coefficient (Wildman–Crippen LogP) is -0.720. The third kappa shape index (κ3) is 2.42. The van der Waals surface area contributed by atoms with Crippen molar-refractivity contribution in [3.05, 3.63) is 0 Å². The van der Waals surface area contributed by atoms with Crippen molar-refractivity contribution in [2.45, 2.75) is 38.0 Å². The van der Waals surface area contributed by atoms with Gasteiger partial charge in [-0.15, -0.1) is 0 Å². The molecule has 4 nitrogen and oxygen atoms in total. The summed E-state index contributed by atoms with van der Waals surface area (Å²) in [6.07, 6.45) is 4.00. The summed E-state index contributed by atoms with van der Waals surface area (Å²) in [6, 6.07) is 0. The van der Waals surface area contributed by atoms with E-state index < -0.39 is 0 Å². The Labute approximate surface area is 73.6 Å². The molecule has 0 saturated heterocycles. The zero-order valence-electron chi connectivity index (χ0n) is 7.45. The van der Waals surface area contributed by atoms with Gasteiger partial charge in [-0.05, 0) is 31.1 Å². The molecular weight excluding hydrogens is 152 g/mol. The van der Waals surface area contributed by atoms with Crippen LogP contribution < -0.4 is 22.9 Å². The zero-order valence-corrected chi connectivity index (χ0v) is 7.45. The smallest absolute Gasteiger partial charge is 0.0550 e. The van der Waals surface area contributed by atoms with Crippen LogP contribution in [0.15, 0.2) is 0 Å². The minimum absolute atomic E-state index is 0.202. The fourth-order valence-corrected chi connectivity index (χ4v) is 1.97. The van der Waals surface area contributed by atoms with Crippen molar-refractivity contribution in [3.63, 3.8) is 0 Å². The Bertz CT molecular complexity index is 121. The van der Waals surface area contributed by atoms with Gasteiger partial charge in [0.15, 0.2) is 0 Å². The molecular formula is C8H20N4. The maximum atomic E-state index is 5.63. The molecule has 8 N–H and O–H groups in total. The van der Waals surface area contributed by atoms with E-state index in [1.54, 1.807) is 0 Å². The molecule has 72 valence electrons. The molecule has 1 fully saturated rings. The van der Waals surface area contributed by atoms with Crippen molar-refractivity contribution in [3.8, 4) is 0 Å². The van der Waals surface area contributed by atoms with Gasteiger partial charge in [0.05, 0.1) is 12.3 Å². The largest absolute Gasteiger partial charge is 0.316 e. The van der Waals surface area contributed by atoms with Crippen LogP contribution in [0.4, 0.5) is 0 Å². The fraction of sp³-hybridized carbons (Fsp3) is 1.00. The Morgan fingerprint density at radius 3 is 1.58 bits per heavy atom. The predicted molar refractivity (Wildman–Crippen MR) is 49.8 cm³/mol. The molecule has 0 radical (unpaired) electrons. The fourth-order valence-electron chi connectivity index (χ4n) is 1.97. The third-order valence-electron chi connectivity index (χ3n) is 2.84. The third-order valence-corrected chi connectivity index (χ3v) is 2.84. The molecule has 0 aliphatic heterocycles. The first-order chi connectivity index (χ1) is 5.61. The monoisotopic (exact) mass is 172 g/mol. The molecule has 12 heavy (non-hydrogen) atoms. The summed E-state index contributed by atoms with van der Waals surface area (Å²) in [7, 11) is 0. The highest BCUT2D eigenvalue weighted by atomic mass is 14.9. The van der Waals surface area contributed by atoms with Crippen LogP contribution >= 0.6 is 0 Å². The number of nitrogens with two attached hydrogens (primary N) is 4. The minimum Gasteiger partial charge on any atom is -0.316 e. The van der Waals surface area contributed by atoms with Gasteiger partial charge < -0.3 is 22.9 Å². The summed E-state index contributed by atoms with van der Waals surface area (Å²) in [6.45, 7) is 0. The quantitative estimate of drug-likeness (QED) is 0.413. The normalized spacial score (nSPS) is 31.5. The number of hydrogen-bond donors (Lipinski definition) is 4. The molecule has 1 rings (SSSR count). The average Bonchev–Trinajstić information content (AvgIpc) is 2.04. The molecule has 0 aromatic heterocycles. The minimum atomic E-state index is -0.202. The lowest BCUT2D eigenvalue weighted by Gasteiger charge is -2.32. The van der Waals surface area contributed by atoms with Crippen molar-refractivity contribution in [1.29, 1.82) is 0 Å². The molecule has 0 aromatic rings. The van der Waals surface area contributed by atoms with Crippen LogP contribution in [0, 0.1) is 11.8 Å². The van der Waals surface area contributed by atoms with E-state index in [9.17, 15) is 0 Å². The van der Waals surface area contributed by atoms with E-state index in [4.69, 9.17) is 22.9 Å². The van der Waals surface area contributed by atoms with Crippen LogP contribution in [0.25, 0.3) is 0 Å². The van der Waals surface area contributed by atoms with Crippen molar-refractivity contribution in [2.75, 3.05) is 0 Å². The second kappa shape index (κ2) is 4.18. The molecule has 1 aliphatic rings. The first kappa shape index (κ1) is 9.92. The summed E-state index contributed by atoms with van der Waals surface area (Å²) in [5.41, 5.74) is 22.5. The molecule has 1 saturated carbocycles. The maximum Gasteiger partial charge on any atom is 0.0550 e. The molecule has 0 amide bonds. The topological polar surface area (TPSA) is 104 Å². The van der Waals surface area contributed by atoms with Gasteiger partial charge in [-0.2, -0.15) is 0 Å². The van der Waals surface area contributed by atoms with Gasteiger partial charge in [0, 0.05) is 0 Å². The van der Waals surface area contributed by atoms with Crippen molar-refractivity contribution in [1.82, 2.24) is 0 Å². The highest BCUT2D eigenvalue weighted by molar-refractivity contribution is 4.80. The second-order valence-corrected chi connectivity index (χ2v) is 3.84. The lowest BCUT2D eigenvalue weighted by Crippen LogP contribution is -2.46. The molecule has 0 spiro atoms. The molecule has 0 heterocycles. The van der Waals surface area contributed by atoms with Gasteiger partial charge in [0.1, 0.15) is 0 Å². The van der Waals surface area contributed by atoms with Gasteiger partial charge >= 0.3 is 0 Å². The molecule has 0 aromatic carbocycles. The first-order valence-corrected chi connectivity index (χ1v) is 4.63.